The van der Waals surface area contributed by atoms with Crippen molar-refractivity contribution in [1.82, 2.24) is 0 Å². The molecule has 0 fully saturated rings. The Kier molecular flexibility index (Phi) is 5.20. The van der Waals surface area contributed by atoms with Crippen LogP contribution in [0.5, 0.6) is 0 Å². The van der Waals surface area contributed by atoms with Gasteiger partial charge >= 0.3 is 0 Å². The van der Waals surface area contributed by atoms with E-state index in [2.05, 4.69) is 23.7 Å². The van der Waals surface area contributed by atoms with Crippen molar-refractivity contribution < 1.29 is 0 Å². The molecule has 0 aliphatic carbocycles. The van der Waals surface area contributed by atoms with Crippen molar-refractivity contribution in [2.24, 2.45) is 0 Å². The average Bonchev–Trinajstić information content (AvgIpc) is 2.19. The first-order chi connectivity index (χ1) is 6.75. The molecule has 0 aliphatic heterocycles. The molecule has 0 radical (unpaired) electrons. The van der Waals surface area contributed by atoms with Crippen LogP contribution in [-0.4, -0.2) is 18.6 Å². The highest BCUT2D eigenvalue weighted by molar-refractivity contribution is 7.98. The second-order valence-corrected chi connectivity index (χ2v) is 4.76. The Morgan fingerprint density at radius 3 is 2.79 bits per heavy atom. The van der Waals surface area contributed by atoms with E-state index in [9.17, 15) is 0 Å². The molecule has 1 unspecified atom stereocenters. The summed E-state index contributed by atoms with van der Waals surface area (Å²) in [6, 6.07) is 8.20. The van der Waals surface area contributed by atoms with E-state index in [4.69, 9.17) is 11.6 Å². The first-order valence-electron chi connectivity index (χ1n) is 4.71. The Balaban J connectivity index is 2.64. The Bertz CT molecular complexity index is 276. The highest BCUT2D eigenvalue weighted by Gasteiger charge is 2.05. The van der Waals surface area contributed by atoms with Gasteiger partial charge in [0.15, 0.2) is 0 Å². The number of hydrogen-bond donors (Lipinski definition) is 1. The maximum atomic E-state index is 6.08. The van der Waals surface area contributed by atoms with Gasteiger partial charge in [-0.25, -0.2) is 0 Å². The number of hydrogen-bond acceptors (Lipinski definition) is 2. The minimum Gasteiger partial charge on any atom is -0.384 e. The van der Waals surface area contributed by atoms with Gasteiger partial charge in [-0.05, 0) is 24.8 Å². The summed E-state index contributed by atoms with van der Waals surface area (Å²) in [6.45, 7) is 2.98. The fourth-order valence-electron chi connectivity index (χ4n) is 1.29. The first-order valence-corrected chi connectivity index (χ1v) is 6.54. The van der Waals surface area contributed by atoms with Crippen LogP contribution in [0.25, 0.3) is 0 Å². The molecule has 0 amide bonds. The standard InChI is InChI=1S/C11H16ClNS/c1-9(12)10-5-3-4-6-11(10)13-7-8-14-2/h3-6,9,13H,7-8H2,1-2H3. The van der Waals surface area contributed by atoms with Gasteiger partial charge in [-0.1, -0.05) is 18.2 Å². The lowest BCUT2D eigenvalue weighted by Gasteiger charge is -2.12. The molecule has 1 aromatic rings. The molecule has 0 aromatic heterocycles. The van der Waals surface area contributed by atoms with Crippen LogP contribution >= 0.6 is 23.4 Å². The molecular weight excluding hydrogens is 214 g/mol. The maximum absolute atomic E-state index is 6.08. The lowest BCUT2D eigenvalue weighted by atomic mass is 10.1. The Morgan fingerprint density at radius 2 is 2.14 bits per heavy atom. The number of benzene rings is 1. The van der Waals surface area contributed by atoms with Crippen LogP contribution in [0.1, 0.15) is 17.9 Å². The third-order valence-corrected chi connectivity index (χ3v) is 2.86. The van der Waals surface area contributed by atoms with Crippen molar-refractivity contribution in [3.8, 4) is 0 Å². The molecule has 0 spiro atoms. The van der Waals surface area contributed by atoms with E-state index < -0.39 is 0 Å². The van der Waals surface area contributed by atoms with Gasteiger partial charge in [0, 0.05) is 18.0 Å². The van der Waals surface area contributed by atoms with Gasteiger partial charge in [-0.15, -0.1) is 11.6 Å². The molecule has 3 heteroatoms. The summed E-state index contributed by atoms with van der Waals surface area (Å²) in [5, 5.41) is 3.45. The Hall–Kier alpha value is -0.340. The largest absolute Gasteiger partial charge is 0.384 e. The molecule has 1 N–H and O–H groups in total. The fraction of sp³-hybridized carbons (Fsp3) is 0.455. The number of rotatable bonds is 5. The molecule has 1 atom stereocenters. The van der Waals surface area contributed by atoms with Gasteiger partial charge in [-0.3, -0.25) is 0 Å². The number of halogens is 1. The molecule has 1 nitrogen and oxygen atoms in total. The van der Waals surface area contributed by atoms with Crippen molar-refractivity contribution in [2.45, 2.75) is 12.3 Å². The Labute approximate surface area is 95.2 Å². The topological polar surface area (TPSA) is 12.0 Å². The van der Waals surface area contributed by atoms with Crippen molar-refractivity contribution in [2.75, 3.05) is 23.9 Å². The average molecular weight is 230 g/mol. The smallest absolute Gasteiger partial charge is 0.0577 e. The molecule has 0 saturated carbocycles. The molecule has 0 heterocycles. The van der Waals surface area contributed by atoms with Crippen LogP contribution in [0.4, 0.5) is 5.69 Å². The van der Waals surface area contributed by atoms with E-state index in [1.165, 1.54) is 5.56 Å². The summed E-state index contributed by atoms with van der Waals surface area (Å²) in [5.74, 6) is 1.12. The third kappa shape index (κ3) is 3.43. The van der Waals surface area contributed by atoms with Crippen molar-refractivity contribution in [1.29, 1.82) is 0 Å². The van der Waals surface area contributed by atoms with Gasteiger partial charge in [0.2, 0.25) is 0 Å². The molecule has 14 heavy (non-hydrogen) atoms. The van der Waals surface area contributed by atoms with Gasteiger partial charge in [-0.2, -0.15) is 11.8 Å². The number of para-hydroxylation sites is 1. The molecule has 0 saturated heterocycles. The predicted octanol–water partition coefficient (Wildman–Crippen LogP) is 3.76. The summed E-state index contributed by atoms with van der Waals surface area (Å²) in [5.41, 5.74) is 2.33. The molecule has 1 rings (SSSR count). The highest BCUT2D eigenvalue weighted by Crippen LogP contribution is 2.26. The van der Waals surface area contributed by atoms with E-state index in [-0.39, 0.29) is 5.38 Å². The minimum atomic E-state index is 0.0629. The zero-order chi connectivity index (χ0) is 10.4. The Morgan fingerprint density at radius 1 is 1.43 bits per heavy atom. The van der Waals surface area contributed by atoms with Crippen LogP contribution in [0.2, 0.25) is 0 Å². The number of anilines is 1. The van der Waals surface area contributed by atoms with E-state index in [0.29, 0.717) is 0 Å². The zero-order valence-electron chi connectivity index (χ0n) is 8.59. The minimum absolute atomic E-state index is 0.0629. The summed E-state index contributed by atoms with van der Waals surface area (Å²) >= 11 is 7.92. The zero-order valence-corrected chi connectivity index (χ0v) is 10.2. The second-order valence-electron chi connectivity index (χ2n) is 3.12. The van der Waals surface area contributed by atoms with Gasteiger partial charge in [0.1, 0.15) is 0 Å². The van der Waals surface area contributed by atoms with Crippen molar-refractivity contribution in [3.05, 3.63) is 29.8 Å². The van der Waals surface area contributed by atoms with Gasteiger partial charge in [0.25, 0.3) is 0 Å². The molecule has 1 aromatic carbocycles. The summed E-state index contributed by atoms with van der Waals surface area (Å²) in [6.07, 6.45) is 2.11. The molecule has 78 valence electrons. The number of thioether (sulfide) groups is 1. The highest BCUT2D eigenvalue weighted by atomic mass is 35.5. The number of nitrogens with one attached hydrogen (secondary N) is 1. The van der Waals surface area contributed by atoms with E-state index in [0.717, 1.165) is 18.0 Å². The SMILES string of the molecule is CSCCNc1ccccc1C(C)Cl. The third-order valence-electron chi connectivity index (χ3n) is 2.01. The van der Waals surface area contributed by atoms with Crippen LogP contribution in [-0.2, 0) is 0 Å². The van der Waals surface area contributed by atoms with Crippen molar-refractivity contribution >= 4 is 29.1 Å². The summed E-state index contributed by atoms with van der Waals surface area (Å²) < 4.78 is 0. The van der Waals surface area contributed by atoms with E-state index in [1.807, 2.05) is 30.8 Å². The lowest BCUT2D eigenvalue weighted by molar-refractivity contribution is 1.07. The van der Waals surface area contributed by atoms with Crippen LogP contribution in [0.3, 0.4) is 0 Å². The normalized spacial score (nSPS) is 12.5. The van der Waals surface area contributed by atoms with Crippen LogP contribution in [0.15, 0.2) is 24.3 Å². The van der Waals surface area contributed by atoms with Crippen LogP contribution < -0.4 is 5.32 Å². The van der Waals surface area contributed by atoms with Gasteiger partial charge < -0.3 is 5.32 Å². The van der Waals surface area contributed by atoms with E-state index in [1.54, 1.807) is 0 Å². The molecule has 0 aliphatic rings. The number of alkyl halides is 1. The lowest BCUT2D eigenvalue weighted by Crippen LogP contribution is -2.06. The van der Waals surface area contributed by atoms with E-state index >= 15 is 0 Å². The fourth-order valence-corrected chi connectivity index (χ4v) is 1.79. The first kappa shape index (κ1) is 11.7. The molecular formula is C11H16ClNS. The molecule has 0 bridgehead atoms. The second kappa shape index (κ2) is 6.20. The quantitative estimate of drug-likeness (QED) is 0.610. The summed E-state index contributed by atoms with van der Waals surface area (Å²) in [7, 11) is 0. The summed E-state index contributed by atoms with van der Waals surface area (Å²) in [4.78, 5) is 0. The van der Waals surface area contributed by atoms with Gasteiger partial charge in [0.05, 0.1) is 5.38 Å². The maximum Gasteiger partial charge on any atom is 0.0577 e. The van der Waals surface area contributed by atoms with Crippen molar-refractivity contribution in [3.63, 3.8) is 0 Å². The van der Waals surface area contributed by atoms with Crippen LogP contribution in [0, 0.1) is 0 Å². The predicted molar refractivity (Wildman–Crippen MR) is 67.6 cm³/mol. The monoisotopic (exact) mass is 229 g/mol.